The van der Waals surface area contributed by atoms with Crippen molar-refractivity contribution in [3.63, 3.8) is 0 Å². The minimum atomic E-state index is -1.07. The first-order valence-corrected chi connectivity index (χ1v) is 9.29. The predicted octanol–water partition coefficient (Wildman–Crippen LogP) is 3.85. The first-order valence-electron chi connectivity index (χ1n) is 9.29. The topological polar surface area (TPSA) is 105 Å². The summed E-state index contributed by atoms with van der Waals surface area (Å²) in [6.07, 6.45) is -0.146. The van der Waals surface area contributed by atoms with Gasteiger partial charge in [0.15, 0.2) is 0 Å². The van der Waals surface area contributed by atoms with Gasteiger partial charge in [0.2, 0.25) is 5.91 Å². The Labute approximate surface area is 170 Å². The number of rotatable bonds is 7. The summed E-state index contributed by atoms with van der Waals surface area (Å²) in [4.78, 5) is 35.8. The predicted molar refractivity (Wildman–Crippen MR) is 110 cm³/mol. The molecule has 2 rings (SSSR count). The molecule has 0 heterocycles. The van der Waals surface area contributed by atoms with Crippen LogP contribution in [0.2, 0.25) is 0 Å². The second-order valence-electron chi connectivity index (χ2n) is 7.67. The summed E-state index contributed by atoms with van der Waals surface area (Å²) in [5.74, 6) is -1.42. The molecule has 3 N–H and O–H groups in total. The molecule has 0 bridgehead atoms. The van der Waals surface area contributed by atoms with E-state index in [1.807, 2.05) is 30.3 Å². The number of ether oxygens (including phenoxy) is 1. The van der Waals surface area contributed by atoms with Crippen molar-refractivity contribution in [2.45, 2.75) is 45.3 Å². The molecule has 1 atom stereocenters. The van der Waals surface area contributed by atoms with Gasteiger partial charge in [-0.05, 0) is 51.0 Å². The molecule has 2 aromatic rings. The zero-order valence-electron chi connectivity index (χ0n) is 16.8. The lowest BCUT2D eigenvalue weighted by Gasteiger charge is -2.23. The lowest BCUT2D eigenvalue weighted by Crippen LogP contribution is -2.42. The maximum absolute atomic E-state index is 12.5. The van der Waals surface area contributed by atoms with E-state index in [1.54, 1.807) is 32.9 Å². The third-order valence-electron chi connectivity index (χ3n) is 3.87. The summed E-state index contributed by atoms with van der Waals surface area (Å²) in [6, 6.07) is 15.0. The number of amides is 2. The highest BCUT2D eigenvalue weighted by Crippen LogP contribution is 2.13. The summed E-state index contributed by atoms with van der Waals surface area (Å²) in [7, 11) is 0. The number of carbonyl (C=O) groups excluding carboxylic acids is 2. The van der Waals surface area contributed by atoms with Gasteiger partial charge in [-0.3, -0.25) is 4.79 Å². The molecule has 2 aromatic carbocycles. The van der Waals surface area contributed by atoms with Crippen LogP contribution in [-0.4, -0.2) is 34.7 Å². The van der Waals surface area contributed by atoms with Crippen molar-refractivity contribution < 1.29 is 24.2 Å². The lowest BCUT2D eigenvalue weighted by atomic mass is 10.0. The number of anilines is 1. The molecule has 0 aliphatic rings. The summed E-state index contributed by atoms with van der Waals surface area (Å²) in [5, 5.41) is 14.5. The average Bonchev–Trinajstić information content (AvgIpc) is 2.60. The molecule has 0 aliphatic carbocycles. The largest absolute Gasteiger partial charge is 0.478 e. The number of benzene rings is 2. The fourth-order valence-corrected chi connectivity index (χ4v) is 2.71. The van der Waals surface area contributed by atoms with E-state index in [-0.39, 0.29) is 17.9 Å². The summed E-state index contributed by atoms with van der Waals surface area (Å²) in [5.41, 5.74) is 0.774. The van der Waals surface area contributed by atoms with Crippen molar-refractivity contribution >= 4 is 23.7 Å². The number of hydrogen-bond donors (Lipinski definition) is 3. The SMILES string of the molecule is CC(C)(C)OC(=O)NC(CC(=O)Nc1cccc(C(=O)O)c1)Cc1ccccc1. The number of carboxylic acids is 1. The maximum Gasteiger partial charge on any atom is 0.407 e. The van der Waals surface area contributed by atoms with Gasteiger partial charge in [-0.15, -0.1) is 0 Å². The van der Waals surface area contributed by atoms with Gasteiger partial charge in [0.1, 0.15) is 5.60 Å². The van der Waals surface area contributed by atoms with Crippen LogP contribution in [0.3, 0.4) is 0 Å². The zero-order valence-corrected chi connectivity index (χ0v) is 16.8. The van der Waals surface area contributed by atoms with E-state index in [1.165, 1.54) is 12.1 Å². The Kier molecular flexibility index (Phi) is 7.36. The van der Waals surface area contributed by atoms with Crippen LogP contribution in [0, 0.1) is 0 Å². The summed E-state index contributed by atoms with van der Waals surface area (Å²) < 4.78 is 5.30. The Morgan fingerprint density at radius 1 is 1.03 bits per heavy atom. The van der Waals surface area contributed by atoms with Crippen molar-refractivity contribution in [2.24, 2.45) is 0 Å². The molecule has 0 aromatic heterocycles. The Morgan fingerprint density at radius 3 is 2.34 bits per heavy atom. The Balaban J connectivity index is 2.07. The molecular weight excluding hydrogens is 372 g/mol. The smallest absolute Gasteiger partial charge is 0.407 e. The Hall–Kier alpha value is -3.35. The quantitative estimate of drug-likeness (QED) is 0.657. The van der Waals surface area contributed by atoms with E-state index in [0.717, 1.165) is 5.56 Å². The van der Waals surface area contributed by atoms with E-state index in [2.05, 4.69) is 10.6 Å². The van der Waals surface area contributed by atoms with Gasteiger partial charge in [0, 0.05) is 18.2 Å². The standard InChI is InChI=1S/C22H26N2O5/c1-22(2,3)29-21(28)24-18(12-15-8-5-4-6-9-15)14-19(25)23-17-11-7-10-16(13-17)20(26)27/h4-11,13,18H,12,14H2,1-3H3,(H,23,25)(H,24,28)(H,26,27). The molecule has 7 nitrogen and oxygen atoms in total. The van der Waals surface area contributed by atoms with Crippen LogP contribution in [0.5, 0.6) is 0 Å². The third-order valence-corrected chi connectivity index (χ3v) is 3.87. The number of nitrogens with one attached hydrogen (secondary N) is 2. The Bertz CT molecular complexity index is 859. The molecule has 0 saturated heterocycles. The molecule has 0 spiro atoms. The van der Waals surface area contributed by atoms with E-state index in [0.29, 0.717) is 12.1 Å². The van der Waals surface area contributed by atoms with E-state index in [4.69, 9.17) is 9.84 Å². The maximum atomic E-state index is 12.5. The van der Waals surface area contributed by atoms with Crippen LogP contribution in [0.1, 0.15) is 43.1 Å². The first-order chi connectivity index (χ1) is 13.6. The van der Waals surface area contributed by atoms with Gasteiger partial charge in [-0.1, -0.05) is 36.4 Å². The molecular formula is C22H26N2O5. The van der Waals surface area contributed by atoms with Crippen LogP contribution in [0.15, 0.2) is 54.6 Å². The van der Waals surface area contributed by atoms with E-state index >= 15 is 0 Å². The van der Waals surface area contributed by atoms with Gasteiger partial charge in [0.05, 0.1) is 5.56 Å². The van der Waals surface area contributed by atoms with E-state index < -0.39 is 23.7 Å². The number of hydrogen-bond acceptors (Lipinski definition) is 4. The summed E-state index contributed by atoms with van der Waals surface area (Å²) >= 11 is 0. The van der Waals surface area contributed by atoms with Gasteiger partial charge >= 0.3 is 12.1 Å². The number of alkyl carbamates (subject to hydrolysis) is 1. The highest BCUT2D eigenvalue weighted by molar-refractivity contribution is 5.94. The highest BCUT2D eigenvalue weighted by Gasteiger charge is 2.22. The lowest BCUT2D eigenvalue weighted by molar-refractivity contribution is -0.116. The molecule has 0 aliphatic heterocycles. The fourth-order valence-electron chi connectivity index (χ4n) is 2.71. The second kappa shape index (κ2) is 9.73. The molecule has 0 fully saturated rings. The minimum absolute atomic E-state index is 0.00539. The van der Waals surface area contributed by atoms with Crippen LogP contribution in [-0.2, 0) is 16.0 Å². The summed E-state index contributed by atoms with van der Waals surface area (Å²) in [6.45, 7) is 5.29. The van der Waals surface area contributed by atoms with Gasteiger partial charge in [0.25, 0.3) is 0 Å². The normalized spacial score (nSPS) is 12.0. The molecule has 154 valence electrons. The van der Waals surface area contributed by atoms with Gasteiger partial charge in [-0.25, -0.2) is 9.59 Å². The highest BCUT2D eigenvalue weighted by atomic mass is 16.6. The first kappa shape index (κ1) is 21.9. The molecule has 1 unspecified atom stereocenters. The zero-order chi connectivity index (χ0) is 21.4. The van der Waals surface area contributed by atoms with Crippen molar-refractivity contribution in [3.05, 3.63) is 65.7 Å². The third kappa shape index (κ3) is 8.04. The fraction of sp³-hybridized carbons (Fsp3) is 0.318. The molecule has 29 heavy (non-hydrogen) atoms. The van der Waals surface area contributed by atoms with Crippen molar-refractivity contribution in [3.8, 4) is 0 Å². The number of carbonyl (C=O) groups is 3. The van der Waals surface area contributed by atoms with Gasteiger partial charge in [-0.2, -0.15) is 0 Å². The van der Waals surface area contributed by atoms with Crippen LogP contribution >= 0.6 is 0 Å². The number of aromatic carboxylic acids is 1. The van der Waals surface area contributed by atoms with E-state index in [9.17, 15) is 14.4 Å². The van der Waals surface area contributed by atoms with Crippen LogP contribution in [0.4, 0.5) is 10.5 Å². The Morgan fingerprint density at radius 2 is 1.72 bits per heavy atom. The van der Waals surface area contributed by atoms with Crippen LogP contribution < -0.4 is 10.6 Å². The molecule has 2 amide bonds. The second-order valence-corrected chi connectivity index (χ2v) is 7.67. The number of carboxylic acid groups (broad SMARTS) is 1. The average molecular weight is 398 g/mol. The minimum Gasteiger partial charge on any atom is -0.478 e. The van der Waals surface area contributed by atoms with Crippen molar-refractivity contribution in [1.29, 1.82) is 0 Å². The van der Waals surface area contributed by atoms with Crippen LogP contribution in [0.25, 0.3) is 0 Å². The van der Waals surface area contributed by atoms with Crippen molar-refractivity contribution in [2.75, 3.05) is 5.32 Å². The van der Waals surface area contributed by atoms with Crippen molar-refractivity contribution in [1.82, 2.24) is 5.32 Å². The van der Waals surface area contributed by atoms with Gasteiger partial charge < -0.3 is 20.5 Å². The monoisotopic (exact) mass is 398 g/mol. The molecule has 7 heteroatoms. The molecule has 0 radical (unpaired) electrons. The molecule has 0 saturated carbocycles.